The molecule has 3 heterocycles. The summed E-state index contributed by atoms with van der Waals surface area (Å²) >= 11 is 0. The Labute approximate surface area is 156 Å². The summed E-state index contributed by atoms with van der Waals surface area (Å²) in [6.45, 7) is 9.01. The summed E-state index contributed by atoms with van der Waals surface area (Å²) < 4.78 is 5.36. The third-order valence-corrected chi connectivity index (χ3v) is 5.00. The van der Waals surface area contributed by atoms with Crippen LogP contribution in [0.15, 0.2) is 18.3 Å². The summed E-state index contributed by atoms with van der Waals surface area (Å²) in [5.41, 5.74) is 1.02. The summed E-state index contributed by atoms with van der Waals surface area (Å²) in [6.07, 6.45) is 4.06. The number of amides is 1. The zero-order valence-electron chi connectivity index (χ0n) is 15.1. The minimum absolute atomic E-state index is 0. The van der Waals surface area contributed by atoms with Crippen molar-refractivity contribution >= 4 is 24.1 Å². The first-order valence-corrected chi connectivity index (χ1v) is 8.85. The Morgan fingerprint density at radius 1 is 1.40 bits per heavy atom. The minimum atomic E-state index is -0.119. The summed E-state index contributed by atoms with van der Waals surface area (Å²) in [7, 11) is 0. The Morgan fingerprint density at radius 2 is 2.16 bits per heavy atom. The number of rotatable bonds is 4. The topological polar surface area (TPSA) is 66.5 Å². The first kappa shape index (κ1) is 19.9. The number of aromatic nitrogens is 1. The van der Waals surface area contributed by atoms with Gasteiger partial charge in [0.05, 0.1) is 19.3 Å². The van der Waals surface area contributed by atoms with Gasteiger partial charge in [0.1, 0.15) is 5.82 Å². The minimum Gasteiger partial charge on any atom is -0.378 e. The standard InChI is InChI=1S/C18H28N4O2.ClH/c1-18(2)6-3-7-19-16(18)17(23)21-13-14-4-5-15(20-12-14)22-8-10-24-11-9-22;/h4-5,12,16,19H,3,6-11,13H2,1-2H3,(H,21,23);1H. The molecule has 7 heteroatoms. The second-order valence-electron chi connectivity index (χ2n) is 7.32. The van der Waals surface area contributed by atoms with E-state index in [9.17, 15) is 4.79 Å². The van der Waals surface area contributed by atoms with Gasteiger partial charge in [0.15, 0.2) is 0 Å². The molecule has 2 aliphatic heterocycles. The first-order chi connectivity index (χ1) is 11.6. The second-order valence-corrected chi connectivity index (χ2v) is 7.32. The molecule has 1 aromatic heterocycles. The van der Waals surface area contributed by atoms with Crippen molar-refractivity contribution in [2.24, 2.45) is 5.41 Å². The highest BCUT2D eigenvalue weighted by molar-refractivity contribution is 5.85. The van der Waals surface area contributed by atoms with E-state index < -0.39 is 0 Å². The van der Waals surface area contributed by atoms with Gasteiger partial charge in [0.25, 0.3) is 0 Å². The van der Waals surface area contributed by atoms with Crippen LogP contribution in [-0.2, 0) is 16.1 Å². The van der Waals surface area contributed by atoms with Gasteiger partial charge in [0.2, 0.25) is 5.91 Å². The van der Waals surface area contributed by atoms with Crippen molar-refractivity contribution in [1.29, 1.82) is 0 Å². The lowest BCUT2D eigenvalue weighted by Crippen LogP contribution is -2.55. The van der Waals surface area contributed by atoms with Crippen LogP contribution in [0.1, 0.15) is 32.3 Å². The number of carbonyl (C=O) groups is 1. The Balaban J connectivity index is 0.00000225. The summed E-state index contributed by atoms with van der Waals surface area (Å²) in [6, 6.07) is 3.94. The van der Waals surface area contributed by atoms with Crippen molar-refractivity contribution in [3.8, 4) is 0 Å². The van der Waals surface area contributed by atoms with E-state index in [1.54, 1.807) is 0 Å². The molecule has 0 aliphatic carbocycles. The predicted molar refractivity (Wildman–Crippen MR) is 101 cm³/mol. The van der Waals surface area contributed by atoms with E-state index in [2.05, 4.69) is 34.4 Å². The van der Waals surface area contributed by atoms with Crippen molar-refractivity contribution in [3.63, 3.8) is 0 Å². The van der Waals surface area contributed by atoms with Gasteiger partial charge in [-0.3, -0.25) is 4.79 Å². The normalized spacial score (nSPS) is 22.8. The number of carbonyl (C=O) groups excluding carboxylic acids is 1. The third kappa shape index (κ3) is 5.06. The number of nitrogens with one attached hydrogen (secondary N) is 2. The highest BCUT2D eigenvalue weighted by Crippen LogP contribution is 2.30. The monoisotopic (exact) mass is 368 g/mol. The number of ether oxygens (including phenoxy) is 1. The maximum Gasteiger partial charge on any atom is 0.237 e. The quantitative estimate of drug-likeness (QED) is 0.847. The van der Waals surface area contributed by atoms with E-state index in [1.807, 2.05) is 18.3 Å². The number of hydrogen-bond acceptors (Lipinski definition) is 5. The van der Waals surface area contributed by atoms with Crippen LogP contribution in [0, 0.1) is 5.41 Å². The smallest absolute Gasteiger partial charge is 0.237 e. The van der Waals surface area contributed by atoms with Crippen LogP contribution in [-0.4, -0.2) is 49.8 Å². The molecule has 2 aliphatic rings. The van der Waals surface area contributed by atoms with E-state index in [-0.39, 0.29) is 29.8 Å². The zero-order valence-corrected chi connectivity index (χ0v) is 15.9. The molecule has 0 spiro atoms. The number of anilines is 1. The van der Waals surface area contributed by atoms with Gasteiger partial charge in [-0.25, -0.2) is 4.98 Å². The lowest BCUT2D eigenvalue weighted by Gasteiger charge is -2.38. The van der Waals surface area contributed by atoms with Gasteiger partial charge in [-0.15, -0.1) is 12.4 Å². The maximum atomic E-state index is 12.5. The highest BCUT2D eigenvalue weighted by atomic mass is 35.5. The largest absolute Gasteiger partial charge is 0.378 e. The fourth-order valence-corrected chi connectivity index (χ4v) is 3.45. The number of pyridine rings is 1. The number of morpholine rings is 1. The molecule has 0 bridgehead atoms. The lowest BCUT2D eigenvalue weighted by atomic mass is 9.77. The van der Waals surface area contributed by atoms with E-state index in [1.165, 1.54) is 0 Å². The van der Waals surface area contributed by atoms with Crippen molar-refractivity contribution in [3.05, 3.63) is 23.9 Å². The molecule has 2 fully saturated rings. The van der Waals surface area contributed by atoms with Crippen molar-refractivity contribution in [1.82, 2.24) is 15.6 Å². The van der Waals surface area contributed by atoms with Gasteiger partial charge in [0, 0.05) is 25.8 Å². The lowest BCUT2D eigenvalue weighted by molar-refractivity contribution is -0.126. The van der Waals surface area contributed by atoms with Crippen LogP contribution in [0.3, 0.4) is 0 Å². The molecule has 1 atom stereocenters. The molecule has 1 aromatic rings. The molecule has 0 aromatic carbocycles. The number of nitrogens with zero attached hydrogens (tertiary/aromatic N) is 2. The summed E-state index contributed by atoms with van der Waals surface area (Å²) in [4.78, 5) is 19.2. The van der Waals surface area contributed by atoms with E-state index in [4.69, 9.17) is 4.74 Å². The summed E-state index contributed by atoms with van der Waals surface area (Å²) in [5.74, 6) is 1.06. The number of piperidine rings is 1. The van der Waals surface area contributed by atoms with E-state index in [0.29, 0.717) is 6.54 Å². The van der Waals surface area contributed by atoms with Crippen LogP contribution >= 0.6 is 12.4 Å². The molecule has 1 unspecified atom stereocenters. The Morgan fingerprint density at radius 3 is 2.80 bits per heavy atom. The SMILES string of the molecule is CC1(C)CCCNC1C(=O)NCc1ccc(N2CCOCC2)nc1.Cl. The molecular formula is C18H29ClN4O2. The van der Waals surface area contributed by atoms with Crippen LogP contribution in [0.4, 0.5) is 5.82 Å². The average Bonchev–Trinajstić information content (AvgIpc) is 2.60. The Hall–Kier alpha value is -1.37. The molecule has 3 rings (SSSR count). The molecule has 2 N–H and O–H groups in total. The van der Waals surface area contributed by atoms with Crippen LogP contribution in [0.5, 0.6) is 0 Å². The predicted octanol–water partition coefficient (Wildman–Crippen LogP) is 1.73. The fourth-order valence-electron chi connectivity index (χ4n) is 3.45. The van der Waals surface area contributed by atoms with Crippen molar-refractivity contribution in [2.45, 2.75) is 39.3 Å². The highest BCUT2D eigenvalue weighted by Gasteiger charge is 2.36. The molecule has 140 valence electrons. The van der Waals surface area contributed by atoms with Gasteiger partial charge in [-0.1, -0.05) is 19.9 Å². The molecule has 2 saturated heterocycles. The molecular weight excluding hydrogens is 340 g/mol. The molecule has 1 amide bonds. The Kier molecular flexibility index (Phi) is 7.04. The molecule has 6 nitrogen and oxygen atoms in total. The molecule has 0 radical (unpaired) electrons. The first-order valence-electron chi connectivity index (χ1n) is 8.85. The number of halogens is 1. The molecule has 0 saturated carbocycles. The van der Waals surface area contributed by atoms with Crippen LogP contribution in [0.25, 0.3) is 0 Å². The zero-order chi connectivity index (χ0) is 17.0. The van der Waals surface area contributed by atoms with E-state index >= 15 is 0 Å². The van der Waals surface area contributed by atoms with Gasteiger partial charge < -0.3 is 20.3 Å². The van der Waals surface area contributed by atoms with Crippen molar-refractivity contribution in [2.75, 3.05) is 37.7 Å². The summed E-state index contributed by atoms with van der Waals surface area (Å²) in [5, 5.41) is 6.40. The molecule has 25 heavy (non-hydrogen) atoms. The van der Waals surface area contributed by atoms with E-state index in [0.717, 1.165) is 57.1 Å². The third-order valence-electron chi connectivity index (χ3n) is 5.00. The van der Waals surface area contributed by atoms with Crippen molar-refractivity contribution < 1.29 is 9.53 Å². The maximum absolute atomic E-state index is 12.5. The van der Waals surface area contributed by atoms with Gasteiger partial charge in [-0.2, -0.15) is 0 Å². The van der Waals surface area contributed by atoms with Crippen LogP contribution in [0.2, 0.25) is 0 Å². The average molecular weight is 369 g/mol. The fraction of sp³-hybridized carbons (Fsp3) is 0.667. The Bertz CT molecular complexity index is 559. The van der Waals surface area contributed by atoms with Gasteiger partial charge >= 0.3 is 0 Å². The van der Waals surface area contributed by atoms with Gasteiger partial charge in [-0.05, 0) is 36.4 Å². The number of hydrogen-bond donors (Lipinski definition) is 2. The van der Waals surface area contributed by atoms with Crippen LogP contribution < -0.4 is 15.5 Å². The second kappa shape index (κ2) is 8.83.